The van der Waals surface area contributed by atoms with E-state index >= 15 is 0 Å². The van der Waals surface area contributed by atoms with Gasteiger partial charge in [0, 0.05) is 64.5 Å². The van der Waals surface area contributed by atoms with E-state index in [1.807, 2.05) is 23.5 Å². The van der Waals surface area contributed by atoms with Crippen molar-refractivity contribution in [2.45, 2.75) is 0 Å². The second-order valence-corrected chi connectivity index (χ2v) is 16.0. The van der Waals surface area contributed by atoms with E-state index in [1.165, 1.54) is 53.1 Å². The van der Waals surface area contributed by atoms with Crippen molar-refractivity contribution >= 4 is 92.3 Å². The highest BCUT2D eigenvalue weighted by Gasteiger charge is 2.17. The highest BCUT2D eigenvalue weighted by molar-refractivity contribution is 7.25. The van der Waals surface area contributed by atoms with Crippen LogP contribution in [0.2, 0.25) is 0 Å². The highest BCUT2D eigenvalue weighted by atomic mass is 32.1. The van der Waals surface area contributed by atoms with Crippen molar-refractivity contribution in [1.29, 1.82) is 0 Å². The van der Waals surface area contributed by atoms with Gasteiger partial charge in [-0.25, -0.2) is 0 Å². The van der Waals surface area contributed by atoms with Crippen LogP contribution in [-0.2, 0) is 0 Å². The van der Waals surface area contributed by atoms with E-state index in [9.17, 15) is 0 Å². The number of thiophene rings is 1. The molecule has 0 aliphatic rings. The van der Waals surface area contributed by atoms with Crippen LogP contribution >= 0.6 is 11.3 Å². The third kappa shape index (κ3) is 5.27. The summed E-state index contributed by atoms with van der Waals surface area (Å²) in [7, 11) is 0. The third-order valence-electron chi connectivity index (χ3n) is 11.6. The summed E-state index contributed by atoms with van der Waals surface area (Å²) in [5, 5.41) is 7.40. The van der Waals surface area contributed by atoms with Crippen molar-refractivity contribution in [3.63, 3.8) is 0 Å². The molecule has 0 unspecified atom stereocenters. The van der Waals surface area contributed by atoms with Gasteiger partial charge in [0.05, 0.1) is 11.0 Å². The topological polar surface area (TPSA) is 21.3 Å². The fraction of sp³-hybridized carbons (Fsp3) is 0. The number of para-hydroxylation sites is 3. The SMILES string of the molecule is c1cc(-c2ccc3sc4ccccc4c3c2)cc(N(c2ccc(-c3ccc4oc5ccccc5c4c3)cc2)c2ccc(-n3c4ccccc4c4ccccc43)cc2)c1. The predicted molar refractivity (Wildman–Crippen MR) is 247 cm³/mol. The lowest BCUT2D eigenvalue weighted by molar-refractivity contribution is 0.669. The minimum atomic E-state index is 0.906. The summed E-state index contributed by atoms with van der Waals surface area (Å²) < 4.78 is 11.1. The molecule has 3 nitrogen and oxygen atoms in total. The molecule has 0 aliphatic carbocycles. The molecule has 0 radical (unpaired) electrons. The zero-order chi connectivity index (χ0) is 38.2. The lowest BCUT2D eigenvalue weighted by atomic mass is 10.0. The van der Waals surface area contributed by atoms with Gasteiger partial charge in [0.25, 0.3) is 0 Å². The molecule has 0 N–H and O–H groups in total. The number of hydrogen-bond acceptors (Lipinski definition) is 3. The quantitative estimate of drug-likeness (QED) is 0.168. The number of rotatable bonds is 6. The monoisotopic (exact) mass is 758 g/mol. The Morgan fingerprint density at radius 3 is 1.67 bits per heavy atom. The number of nitrogens with zero attached hydrogens (tertiary/aromatic N) is 2. The second-order valence-electron chi connectivity index (χ2n) is 14.9. The fourth-order valence-corrected chi connectivity index (χ4v) is 9.92. The van der Waals surface area contributed by atoms with E-state index in [4.69, 9.17) is 4.42 Å². The van der Waals surface area contributed by atoms with Gasteiger partial charge in [0.2, 0.25) is 0 Å². The third-order valence-corrected chi connectivity index (χ3v) is 12.7. The first-order valence-corrected chi connectivity index (χ1v) is 20.5. The normalized spacial score (nSPS) is 11.8. The van der Waals surface area contributed by atoms with Crippen LogP contribution in [0.3, 0.4) is 0 Å². The Bertz CT molecular complexity index is 3460. The van der Waals surface area contributed by atoms with Crippen LogP contribution in [0.25, 0.3) is 91.9 Å². The van der Waals surface area contributed by atoms with Crippen LogP contribution in [-0.4, -0.2) is 4.57 Å². The van der Waals surface area contributed by atoms with Crippen molar-refractivity contribution in [3.8, 4) is 27.9 Å². The molecule has 0 spiro atoms. The molecule has 3 aromatic heterocycles. The minimum absolute atomic E-state index is 0.906. The maximum absolute atomic E-state index is 6.14. The molecule has 3 heterocycles. The Morgan fingerprint density at radius 1 is 0.345 bits per heavy atom. The van der Waals surface area contributed by atoms with E-state index in [0.717, 1.165) is 55.8 Å². The molecule has 58 heavy (non-hydrogen) atoms. The smallest absolute Gasteiger partial charge is 0.135 e. The number of furan rings is 1. The molecule has 0 fully saturated rings. The second kappa shape index (κ2) is 13.1. The lowest BCUT2D eigenvalue weighted by Crippen LogP contribution is -2.10. The summed E-state index contributed by atoms with van der Waals surface area (Å²) in [5.74, 6) is 0. The van der Waals surface area contributed by atoms with Crippen molar-refractivity contribution in [1.82, 2.24) is 4.57 Å². The Morgan fingerprint density at radius 2 is 0.897 bits per heavy atom. The summed E-state index contributed by atoms with van der Waals surface area (Å²) in [6.07, 6.45) is 0. The van der Waals surface area contributed by atoms with E-state index in [0.29, 0.717) is 0 Å². The van der Waals surface area contributed by atoms with Crippen LogP contribution in [0.4, 0.5) is 17.1 Å². The Hall–Kier alpha value is -7.40. The van der Waals surface area contributed by atoms with Gasteiger partial charge < -0.3 is 13.9 Å². The van der Waals surface area contributed by atoms with E-state index < -0.39 is 0 Å². The van der Waals surface area contributed by atoms with Crippen LogP contribution in [0.1, 0.15) is 0 Å². The van der Waals surface area contributed by atoms with Gasteiger partial charge in [-0.15, -0.1) is 11.3 Å². The fourth-order valence-electron chi connectivity index (χ4n) is 8.84. The van der Waals surface area contributed by atoms with Crippen molar-refractivity contribution in [2.75, 3.05) is 4.90 Å². The van der Waals surface area contributed by atoms with Gasteiger partial charge >= 0.3 is 0 Å². The van der Waals surface area contributed by atoms with E-state index in [-0.39, 0.29) is 0 Å². The molecule has 0 saturated carbocycles. The lowest BCUT2D eigenvalue weighted by Gasteiger charge is -2.26. The first kappa shape index (κ1) is 32.8. The maximum atomic E-state index is 6.14. The van der Waals surface area contributed by atoms with Crippen molar-refractivity contribution < 1.29 is 4.42 Å². The number of hydrogen-bond donors (Lipinski definition) is 0. The Balaban J connectivity index is 0.975. The largest absolute Gasteiger partial charge is 0.456 e. The van der Waals surface area contributed by atoms with Crippen LogP contribution in [0.5, 0.6) is 0 Å². The van der Waals surface area contributed by atoms with Crippen LogP contribution in [0, 0.1) is 0 Å². The number of aromatic nitrogens is 1. The van der Waals surface area contributed by atoms with Crippen LogP contribution < -0.4 is 4.90 Å². The van der Waals surface area contributed by atoms with Gasteiger partial charge in [-0.3, -0.25) is 0 Å². The Kier molecular flexibility index (Phi) is 7.40. The van der Waals surface area contributed by atoms with Gasteiger partial charge in [0.1, 0.15) is 11.2 Å². The number of benzene rings is 9. The molecule has 0 atom stereocenters. The molecular weight excluding hydrogens is 725 g/mol. The maximum Gasteiger partial charge on any atom is 0.135 e. The van der Waals surface area contributed by atoms with Crippen molar-refractivity contribution in [3.05, 3.63) is 206 Å². The van der Waals surface area contributed by atoms with Crippen molar-refractivity contribution in [2.24, 2.45) is 0 Å². The molecule has 9 aromatic carbocycles. The minimum Gasteiger partial charge on any atom is -0.456 e. The summed E-state index contributed by atoms with van der Waals surface area (Å²) in [4.78, 5) is 2.37. The predicted octanol–water partition coefficient (Wildman–Crippen LogP) is 15.9. The van der Waals surface area contributed by atoms with Gasteiger partial charge in [-0.05, 0) is 119 Å². The molecule has 4 heteroatoms. The molecule has 0 bridgehead atoms. The van der Waals surface area contributed by atoms with Gasteiger partial charge in [-0.1, -0.05) is 109 Å². The molecule has 12 aromatic rings. The summed E-state index contributed by atoms with van der Waals surface area (Å²) in [5.41, 5.74) is 13.3. The molecule has 12 rings (SSSR count). The Labute approximate surface area is 338 Å². The highest BCUT2D eigenvalue weighted by Crippen LogP contribution is 2.41. The first-order chi connectivity index (χ1) is 28.7. The number of fused-ring (bicyclic) bond motifs is 9. The molecule has 272 valence electrons. The zero-order valence-corrected chi connectivity index (χ0v) is 32.2. The summed E-state index contributed by atoms with van der Waals surface area (Å²) in [6, 6.07) is 74.6. The van der Waals surface area contributed by atoms with E-state index in [2.05, 4.69) is 204 Å². The zero-order valence-electron chi connectivity index (χ0n) is 31.3. The van der Waals surface area contributed by atoms with E-state index in [1.54, 1.807) is 0 Å². The number of anilines is 3. The molecule has 0 amide bonds. The van der Waals surface area contributed by atoms with Gasteiger partial charge in [0.15, 0.2) is 0 Å². The molecular formula is C54H34N2OS. The molecule has 0 saturated heterocycles. The summed E-state index contributed by atoms with van der Waals surface area (Å²) >= 11 is 1.86. The van der Waals surface area contributed by atoms with Gasteiger partial charge in [-0.2, -0.15) is 0 Å². The average molecular weight is 759 g/mol. The molecule has 0 aliphatic heterocycles. The first-order valence-electron chi connectivity index (χ1n) is 19.7. The van der Waals surface area contributed by atoms with Crippen LogP contribution in [0.15, 0.2) is 211 Å². The average Bonchev–Trinajstić information content (AvgIpc) is 3.96. The summed E-state index contributed by atoms with van der Waals surface area (Å²) in [6.45, 7) is 0. The standard InChI is InChI=1S/C54H34N2OS/c1-5-16-49-43(12-1)44-13-2-6-17-50(44)56(49)41-28-26-40(27-29-41)55(39-24-20-35(21-25-39)37-22-30-52-47(33-37)45-14-3-7-18-51(45)57-52)42-11-9-10-36(32-42)38-23-31-54-48(34-38)46-15-4-8-19-53(46)58-54/h1-34H.